The van der Waals surface area contributed by atoms with E-state index in [1.807, 2.05) is 0 Å². The Hall–Kier alpha value is -1.80. The first kappa shape index (κ1) is 25.2. The van der Waals surface area contributed by atoms with Gasteiger partial charge in [0.2, 0.25) is 11.8 Å². The third kappa shape index (κ3) is 7.76. The molecular weight excluding hydrogens is 383 g/mol. The molecule has 0 aliphatic carbocycles. The number of alkyl halides is 3. The Morgan fingerprint density at radius 3 is 2.19 bits per heavy atom. The first-order valence-electron chi connectivity index (χ1n) is 8.32. The third-order valence-corrected chi connectivity index (χ3v) is 4.14. The molecule has 0 spiro atoms. The van der Waals surface area contributed by atoms with Gasteiger partial charge in [-0.25, -0.2) is 0 Å². The van der Waals surface area contributed by atoms with E-state index in [9.17, 15) is 22.8 Å². The number of hydrogen-bond acceptors (Lipinski definition) is 3. The number of carbonyl (C=O) groups excluding carboxylic acids is 2. The number of benzene rings is 1. The highest BCUT2D eigenvalue weighted by molar-refractivity contribution is 5.87. The van der Waals surface area contributed by atoms with Crippen LogP contribution in [0.4, 0.5) is 13.2 Å². The lowest BCUT2D eigenvalue weighted by Crippen LogP contribution is -2.48. The van der Waals surface area contributed by atoms with E-state index in [0.29, 0.717) is 5.56 Å². The van der Waals surface area contributed by atoms with E-state index < -0.39 is 35.0 Å². The molecule has 4 N–H and O–H groups in total. The van der Waals surface area contributed by atoms with Crippen molar-refractivity contribution < 1.29 is 22.8 Å². The molecule has 1 aromatic carbocycles. The lowest BCUT2D eigenvalue weighted by atomic mass is 9.83. The minimum absolute atomic E-state index is 0. The summed E-state index contributed by atoms with van der Waals surface area (Å²) in [5, 5.41) is 5.07. The Bertz CT molecular complexity index is 649. The van der Waals surface area contributed by atoms with Crippen molar-refractivity contribution in [2.75, 3.05) is 13.1 Å². The van der Waals surface area contributed by atoms with Gasteiger partial charge in [-0.15, -0.1) is 12.4 Å². The van der Waals surface area contributed by atoms with E-state index in [1.54, 1.807) is 33.8 Å². The van der Waals surface area contributed by atoms with E-state index in [0.717, 1.165) is 12.1 Å². The summed E-state index contributed by atoms with van der Waals surface area (Å²) >= 11 is 0. The van der Waals surface area contributed by atoms with Crippen LogP contribution >= 0.6 is 12.4 Å². The molecule has 27 heavy (non-hydrogen) atoms. The minimum Gasteiger partial charge on any atom is -0.354 e. The van der Waals surface area contributed by atoms with Crippen molar-refractivity contribution >= 4 is 24.2 Å². The molecule has 0 aliphatic rings. The highest BCUT2D eigenvalue weighted by Crippen LogP contribution is 2.32. The highest BCUT2D eigenvalue weighted by Gasteiger charge is 2.32. The molecule has 2 amide bonds. The first-order chi connectivity index (χ1) is 11.8. The summed E-state index contributed by atoms with van der Waals surface area (Å²) in [5.74, 6) is -0.917. The predicted molar refractivity (Wildman–Crippen MR) is 101 cm³/mol. The second-order valence-electron chi connectivity index (χ2n) is 7.23. The summed E-state index contributed by atoms with van der Waals surface area (Å²) in [6.07, 6.45) is -4.42. The Kier molecular flexibility index (Phi) is 9.28. The average molecular weight is 410 g/mol. The third-order valence-electron chi connectivity index (χ3n) is 4.14. The van der Waals surface area contributed by atoms with Crippen LogP contribution in [0.15, 0.2) is 24.3 Å². The Balaban J connectivity index is 0.00000676. The normalized spacial score (nSPS) is 12.9. The zero-order chi connectivity index (χ0) is 20.1. The lowest BCUT2D eigenvalue weighted by Gasteiger charge is -2.26. The SMILES string of the molecule is CC(C)[C@H](N)C(=O)NCC(=O)NCC(C)(C)c1cccc(C(F)(F)F)c1.Cl. The number of hydrogen-bond donors (Lipinski definition) is 3. The molecule has 0 saturated heterocycles. The maximum atomic E-state index is 12.8. The standard InChI is InChI=1S/C18H26F3N3O2.ClH/c1-11(2)15(22)16(26)23-9-14(25)24-10-17(3,4)12-6-5-7-13(8-12)18(19,20)21;/h5-8,11,15H,9-10,22H2,1-4H3,(H,23,26)(H,24,25);1H/t15-;/m0./s1. The summed E-state index contributed by atoms with van der Waals surface area (Å²) in [4.78, 5) is 23.6. The number of nitrogens with two attached hydrogens (primary N) is 1. The van der Waals surface area contributed by atoms with Crippen molar-refractivity contribution in [3.8, 4) is 0 Å². The molecule has 0 heterocycles. The van der Waals surface area contributed by atoms with Crippen molar-refractivity contribution in [1.29, 1.82) is 0 Å². The van der Waals surface area contributed by atoms with Gasteiger partial charge in [-0.2, -0.15) is 13.2 Å². The van der Waals surface area contributed by atoms with Gasteiger partial charge in [-0.1, -0.05) is 45.9 Å². The van der Waals surface area contributed by atoms with E-state index in [2.05, 4.69) is 10.6 Å². The number of nitrogens with one attached hydrogen (secondary N) is 2. The molecule has 1 rings (SSSR count). The number of amides is 2. The largest absolute Gasteiger partial charge is 0.416 e. The summed E-state index contributed by atoms with van der Waals surface area (Å²) in [7, 11) is 0. The summed E-state index contributed by atoms with van der Waals surface area (Å²) in [5.41, 5.74) is 4.69. The van der Waals surface area contributed by atoms with Crippen molar-refractivity contribution in [3.05, 3.63) is 35.4 Å². The molecule has 154 valence electrons. The van der Waals surface area contributed by atoms with Crippen LogP contribution in [0.3, 0.4) is 0 Å². The smallest absolute Gasteiger partial charge is 0.354 e. The van der Waals surface area contributed by atoms with Crippen LogP contribution in [-0.2, 0) is 21.2 Å². The molecule has 0 radical (unpaired) electrons. The fourth-order valence-corrected chi connectivity index (χ4v) is 2.19. The van der Waals surface area contributed by atoms with Crippen LogP contribution < -0.4 is 16.4 Å². The zero-order valence-corrected chi connectivity index (χ0v) is 16.6. The van der Waals surface area contributed by atoms with Crippen LogP contribution in [0.5, 0.6) is 0 Å². The fourth-order valence-electron chi connectivity index (χ4n) is 2.19. The van der Waals surface area contributed by atoms with Crippen molar-refractivity contribution in [2.45, 2.75) is 45.3 Å². The van der Waals surface area contributed by atoms with Crippen molar-refractivity contribution in [2.24, 2.45) is 11.7 Å². The van der Waals surface area contributed by atoms with Gasteiger partial charge < -0.3 is 16.4 Å². The van der Waals surface area contributed by atoms with E-state index in [4.69, 9.17) is 5.73 Å². The lowest BCUT2D eigenvalue weighted by molar-refractivity contribution is -0.137. The summed E-state index contributed by atoms with van der Waals surface area (Å²) in [6, 6.07) is 4.31. The molecular formula is C18H27ClF3N3O2. The summed E-state index contributed by atoms with van der Waals surface area (Å²) < 4.78 is 38.5. The summed E-state index contributed by atoms with van der Waals surface area (Å²) in [6.45, 7) is 6.94. The van der Waals surface area contributed by atoms with Gasteiger partial charge in [-0.05, 0) is 17.5 Å². The van der Waals surface area contributed by atoms with Gasteiger partial charge >= 0.3 is 6.18 Å². The number of carbonyl (C=O) groups is 2. The predicted octanol–water partition coefficient (Wildman–Crippen LogP) is 2.62. The molecule has 5 nitrogen and oxygen atoms in total. The van der Waals surface area contributed by atoms with Gasteiger partial charge in [0.25, 0.3) is 0 Å². The molecule has 0 saturated carbocycles. The van der Waals surface area contributed by atoms with E-state index in [-0.39, 0.29) is 31.4 Å². The van der Waals surface area contributed by atoms with Crippen molar-refractivity contribution in [3.63, 3.8) is 0 Å². The quantitative estimate of drug-likeness (QED) is 0.647. The molecule has 0 aromatic heterocycles. The second kappa shape index (κ2) is 9.94. The first-order valence-corrected chi connectivity index (χ1v) is 8.32. The molecule has 9 heteroatoms. The average Bonchev–Trinajstić information content (AvgIpc) is 2.56. The molecule has 1 atom stereocenters. The molecule has 0 bridgehead atoms. The van der Waals surface area contributed by atoms with Crippen LogP contribution in [0.1, 0.15) is 38.8 Å². The van der Waals surface area contributed by atoms with E-state index in [1.165, 1.54) is 6.07 Å². The van der Waals surface area contributed by atoms with Gasteiger partial charge in [0.15, 0.2) is 0 Å². The Morgan fingerprint density at radius 1 is 1.11 bits per heavy atom. The number of halogens is 4. The van der Waals surface area contributed by atoms with Crippen LogP contribution in [0.25, 0.3) is 0 Å². The molecule has 0 aliphatic heterocycles. The highest BCUT2D eigenvalue weighted by atomic mass is 35.5. The molecule has 1 aromatic rings. The zero-order valence-electron chi connectivity index (χ0n) is 15.8. The van der Waals surface area contributed by atoms with Crippen LogP contribution in [0.2, 0.25) is 0 Å². The van der Waals surface area contributed by atoms with Gasteiger partial charge in [-0.3, -0.25) is 9.59 Å². The van der Waals surface area contributed by atoms with Gasteiger partial charge in [0.05, 0.1) is 18.2 Å². The topological polar surface area (TPSA) is 84.2 Å². The van der Waals surface area contributed by atoms with Crippen LogP contribution in [-0.4, -0.2) is 30.9 Å². The molecule has 0 unspecified atom stereocenters. The van der Waals surface area contributed by atoms with Crippen molar-refractivity contribution in [1.82, 2.24) is 10.6 Å². The van der Waals surface area contributed by atoms with Crippen LogP contribution in [0, 0.1) is 5.92 Å². The fraction of sp³-hybridized carbons (Fsp3) is 0.556. The van der Waals surface area contributed by atoms with Gasteiger partial charge in [0, 0.05) is 12.0 Å². The minimum atomic E-state index is -4.42. The maximum Gasteiger partial charge on any atom is 0.416 e. The monoisotopic (exact) mass is 409 g/mol. The second-order valence-corrected chi connectivity index (χ2v) is 7.23. The van der Waals surface area contributed by atoms with Gasteiger partial charge in [0.1, 0.15) is 0 Å². The molecule has 0 fully saturated rings. The number of rotatable bonds is 7. The van der Waals surface area contributed by atoms with E-state index >= 15 is 0 Å². The Morgan fingerprint density at radius 2 is 1.67 bits per heavy atom. The maximum absolute atomic E-state index is 12.8. The Labute approximate surface area is 163 Å².